The molecule has 2 aliphatic rings. The van der Waals surface area contributed by atoms with Crippen LogP contribution in [0.1, 0.15) is 39.0 Å². The zero-order chi connectivity index (χ0) is 12.3. The van der Waals surface area contributed by atoms with Crippen molar-refractivity contribution in [1.82, 2.24) is 5.32 Å². The van der Waals surface area contributed by atoms with Crippen molar-refractivity contribution in [3.8, 4) is 0 Å². The smallest absolute Gasteiger partial charge is 0.249 e. The van der Waals surface area contributed by atoms with Crippen LogP contribution in [0.2, 0.25) is 0 Å². The molecule has 1 saturated carbocycles. The maximum atomic E-state index is 11.9. The van der Waals surface area contributed by atoms with Crippen molar-refractivity contribution in [1.29, 1.82) is 0 Å². The number of carbonyl (C=O) groups is 1. The molecule has 2 fully saturated rings. The molecule has 98 valence electrons. The summed E-state index contributed by atoms with van der Waals surface area (Å²) in [6.45, 7) is 2.86. The minimum Gasteiger partial charge on any atom is -0.365 e. The number of amides is 1. The van der Waals surface area contributed by atoms with Crippen LogP contribution in [0.25, 0.3) is 0 Å². The van der Waals surface area contributed by atoms with Gasteiger partial charge in [-0.1, -0.05) is 22.4 Å². The van der Waals surface area contributed by atoms with E-state index in [-0.39, 0.29) is 18.1 Å². The number of alkyl halides is 1. The third-order valence-electron chi connectivity index (χ3n) is 4.08. The van der Waals surface area contributed by atoms with Gasteiger partial charge in [-0.2, -0.15) is 0 Å². The second-order valence-electron chi connectivity index (χ2n) is 5.36. The molecule has 0 aromatic heterocycles. The normalized spacial score (nSPS) is 37.3. The molecular formula is C13H22BrNO2. The molecule has 0 spiro atoms. The summed E-state index contributed by atoms with van der Waals surface area (Å²) in [5.74, 6) is 1.48. The third kappa shape index (κ3) is 3.44. The molecule has 1 N–H and O–H groups in total. The van der Waals surface area contributed by atoms with Crippen molar-refractivity contribution < 1.29 is 9.53 Å². The maximum Gasteiger partial charge on any atom is 0.249 e. The molecule has 0 bridgehead atoms. The van der Waals surface area contributed by atoms with E-state index in [1.165, 1.54) is 19.3 Å². The average molecular weight is 304 g/mol. The highest BCUT2D eigenvalue weighted by molar-refractivity contribution is 9.09. The Balaban J connectivity index is 1.72. The number of nitrogens with one attached hydrogen (secondary N) is 1. The quantitative estimate of drug-likeness (QED) is 0.810. The van der Waals surface area contributed by atoms with E-state index in [9.17, 15) is 4.79 Å². The van der Waals surface area contributed by atoms with Crippen molar-refractivity contribution in [2.45, 2.75) is 51.2 Å². The lowest BCUT2D eigenvalue weighted by Gasteiger charge is -2.19. The van der Waals surface area contributed by atoms with Gasteiger partial charge in [-0.3, -0.25) is 4.79 Å². The first-order valence-corrected chi connectivity index (χ1v) is 7.82. The molecule has 1 heterocycles. The Kier molecular flexibility index (Phi) is 4.86. The molecule has 0 aromatic rings. The summed E-state index contributed by atoms with van der Waals surface area (Å²) in [6, 6.07) is 0. The Labute approximate surface area is 112 Å². The van der Waals surface area contributed by atoms with E-state index in [0.29, 0.717) is 5.92 Å². The predicted octanol–water partition coefficient (Wildman–Crippen LogP) is 2.48. The van der Waals surface area contributed by atoms with Crippen molar-refractivity contribution in [3.63, 3.8) is 0 Å². The molecule has 0 radical (unpaired) electrons. The molecule has 17 heavy (non-hydrogen) atoms. The molecule has 4 atom stereocenters. The Morgan fingerprint density at radius 2 is 2.06 bits per heavy atom. The van der Waals surface area contributed by atoms with Crippen LogP contribution in [-0.2, 0) is 9.53 Å². The number of rotatable bonds is 4. The van der Waals surface area contributed by atoms with Crippen LogP contribution in [0.3, 0.4) is 0 Å². The van der Waals surface area contributed by atoms with Gasteiger partial charge in [-0.25, -0.2) is 0 Å². The topological polar surface area (TPSA) is 38.3 Å². The van der Waals surface area contributed by atoms with E-state index in [0.717, 1.165) is 30.6 Å². The van der Waals surface area contributed by atoms with Crippen LogP contribution in [0.4, 0.5) is 0 Å². The van der Waals surface area contributed by atoms with E-state index in [1.54, 1.807) is 0 Å². The highest BCUT2D eigenvalue weighted by Gasteiger charge is 2.30. The zero-order valence-electron chi connectivity index (χ0n) is 10.5. The first-order valence-electron chi connectivity index (χ1n) is 6.70. The van der Waals surface area contributed by atoms with Crippen molar-refractivity contribution in [3.05, 3.63) is 0 Å². The molecule has 0 aromatic carbocycles. The van der Waals surface area contributed by atoms with Crippen LogP contribution in [0, 0.1) is 11.8 Å². The molecule has 1 aliphatic carbocycles. The van der Waals surface area contributed by atoms with E-state index < -0.39 is 0 Å². The highest BCUT2D eigenvalue weighted by atomic mass is 79.9. The van der Waals surface area contributed by atoms with E-state index in [1.807, 2.05) is 6.92 Å². The standard InChI is InChI=1S/C13H22BrNO2/c1-9-5-6-12(17-9)13(16)15-8-11-4-2-3-10(11)7-14/h9-12H,2-8H2,1H3,(H,15,16). The summed E-state index contributed by atoms with van der Waals surface area (Å²) in [5.41, 5.74) is 0. The fourth-order valence-corrected chi connectivity index (χ4v) is 3.78. The summed E-state index contributed by atoms with van der Waals surface area (Å²) in [5, 5.41) is 4.13. The van der Waals surface area contributed by atoms with Crippen molar-refractivity contribution in [2.24, 2.45) is 11.8 Å². The molecule has 1 aliphatic heterocycles. The predicted molar refractivity (Wildman–Crippen MR) is 71.2 cm³/mol. The van der Waals surface area contributed by atoms with E-state index >= 15 is 0 Å². The van der Waals surface area contributed by atoms with Gasteiger partial charge in [0.05, 0.1) is 6.10 Å². The maximum absolute atomic E-state index is 11.9. The Morgan fingerprint density at radius 3 is 2.71 bits per heavy atom. The van der Waals surface area contributed by atoms with Crippen LogP contribution < -0.4 is 5.32 Å². The average Bonchev–Trinajstić information content (AvgIpc) is 2.94. The third-order valence-corrected chi connectivity index (χ3v) is 4.91. The van der Waals surface area contributed by atoms with Crippen LogP contribution >= 0.6 is 15.9 Å². The van der Waals surface area contributed by atoms with Gasteiger partial charge in [0.2, 0.25) is 5.91 Å². The first kappa shape index (κ1) is 13.3. The summed E-state index contributed by atoms with van der Waals surface area (Å²) < 4.78 is 5.57. The summed E-state index contributed by atoms with van der Waals surface area (Å²) in [6.07, 6.45) is 5.77. The Morgan fingerprint density at radius 1 is 1.29 bits per heavy atom. The number of carbonyl (C=O) groups excluding carboxylic acids is 1. The molecule has 1 saturated heterocycles. The van der Waals surface area contributed by atoms with Crippen LogP contribution in [0.15, 0.2) is 0 Å². The van der Waals surface area contributed by atoms with E-state index in [2.05, 4.69) is 21.2 Å². The largest absolute Gasteiger partial charge is 0.365 e. The molecular weight excluding hydrogens is 282 g/mol. The van der Waals surface area contributed by atoms with Gasteiger partial charge in [0.1, 0.15) is 6.10 Å². The van der Waals surface area contributed by atoms with Gasteiger partial charge < -0.3 is 10.1 Å². The van der Waals surface area contributed by atoms with Gasteiger partial charge in [0, 0.05) is 11.9 Å². The summed E-state index contributed by atoms with van der Waals surface area (Å²) in [7, 11) is 0. The number of halogens is 1. The van der Waals surface area contributed by atoms with Gasteiger partial charge in [-0.15, -0.1) is 0 Å². The highest BCUT2D eigenvalue weighted by Crippen LogP contribution is 2.32. The number of ether oxygens (including phenoxy) is 1. The minimum atomic E-state index is -0.200. The number of hydrogen-bond acceptors (Lipinski definition) is 2. The lowest BCUT2D eigenvalue weighted by molar-refractivity contribution is -0.131. The lowest BCUT2D eigenvalue weighted by Crippen LogP contribution is -2.38. The summed E-state index contributed by atoms with van der Waals surface area (Å²) >= 11 is 3.56. The fourth-order valence-electron chi connectivity index (χ4n) is 2.93. The van der Waals surface area contributed by atoms with Crippen molar-refractivity contribution in [2.75, 3.05) is 11.9 Å². The molecule has 2 rings (SSSR count). The second-order valence-corrected chi connectivity index (χ2v) is 6.01. The van der Waals surface area contributed by atoms with Gasteiger partial charge >= 0.3 is 0 Å². The zero-order valence-corrected chi connectivity index (χ0v) is 12.0. The lowest BCUT2D eigenvalue weighted by atomic mass is 9.98. The monoisotopic (exact) mass is 303 g/mol. The molecule has 1 amide bonds. The Hall–Kier alpha value is -0.0900. The number of hydrogen-bond donors (Lipinski definition) is 1. The van der Waals surface area contributed by atoms with Gasteiger partial charge in [0.15, 0.2) is 0 Å². The minimum absolute atomic E-state index is 0.0922. The fraction of sp³-hybridized carbons (Fsp3) is 0.923. The SMILES string of the molecule is CC1CCC(C(=O)NCC2CCCC2CBr)O1. The van der Waals surface area contributed by atoms with Gasteiger partial charge in [0.25, 0.3) is 0 Å². The van der Waals surface area contributed by atoms with Crippen LogP contribution in [-0.4, -0.2) is 30.0 Å². The van der Waals surface area contributed by atoms with E-state index in [4.69, 9.17) is 4.74 Å². The van der Waals surface area contributed by atoms with Crippen LogP contribution in [0.5, 0.6) is 0 Å². The molecule has 4 unspecified atom stereocenters. The van der Waals surface area contributed by atoms with Crippen molar-refractivity contribution >= 4 is 21.8 Å². The summed E-state index contributed by atoms with van der Waals surface area (Å²) in [4.78, 5) is 11.9. The first-order chi connectivity index (χ1) is 8.20. The second kappa shape index (κ2) is 6.19. The molecule has 4 heteroatoms. The Bertz CT molecular complexity index is 272. The molecule has 3 nitrogen and oxygen atoms in total. The van der Waals surface area contributed by atoms with Gasteiger partial charge in [-0.05, 0) is 44.4 Å².